The molecule has 80 valence electrons. The Bertz CT molecular complexity index is 231. The standard InChI is InChI=1S/C8H14N2O4/c9-6-4-14-3-5(6)8(13)10-2-1-7(11)12/h5-6H,1-4,9H2,(H,10,13)(H,11,12). The predicted molar refractivity (Wildman–Crippen MR) is 47.5 cm³/mol. The molecule has 1 rings (SSSR count). The van der Waals surface area contributed by atoms with Crippen molar-refractivity contribution in [1.29, 1.82) is 0 Å². The molecule has 4 N–H and O–H groups in total. The molecule has 2 atom stereocenters. The number of carboxylic acid groups (broad SMARTS) is 1. The Morgan fingerprint density at radius 2 is 2.21 bits per heavy atom. The molecule has 1 saturated heterocycles. The summed E-state index contributed by atoms with van der Waals surface area (Å²) in [6, 6.07) is -0.278. The van der Waals surface area contributed by atoms with Crippen LogP contribution >= 0.6 is 0 Å². The second-order valence-electron chi connectivity index (χ2n) is 3.24. The lowest BCUT2D eigenvalue weighted by atomic mass is 10.0. The zero-order chi connectivity index (χ0) is 10.6. The zero-order valence-electron chi connectivity index (χ0n) is 7.73. The van der Waals surface area contributed by atoms with E-state index in [-0.39, 0.29) is 30.8 Å². The molecule has 0 aromatic rings. The number of carbonyl (C=O) groups is 2. The van der Waals surface area contributed by atoms with Gasteiger partial charge in [0.1, 0.15) is 0 Å². The lowest BCUT2D eigenvalue weighted by Crippen LogP contribution is -2.41. The normalized spacial score (nSPS) is 26.1. The van der Waals surface area contributed by atoms with Crippen LogP contribution in [0.15, 0.2) is 0 Å². The number of nitrogens with one attached hydrogen (secondary N) is 1. The number of amides is 1. The second kappa shape index (κ2) is 4.92. The third-order valence-corrected chi connectivity index (χ3v) is 2.10. The molecule has 0 aromatic heterocycles. The molecule has 6 heteroatoms. The number of aliphatic carboxylic acids is 1. The quantitative estimate of drug-likeness (QED) is 0.517. The highest BCUT2D eigenvalue weighted by atomic mass is 16.5. The van der Waals surface area contributed by atoms with Crippen LogP contribution in [0.1, 0.15) is 6.42 Å². The van der Waals surface area contributed by atoms with Gasteiger partial charge in [0.2, 0.25) is 5.91 Å². The number of ether oxygens (including phenoxy) is 1. The van der Waals surface area contributed by atoms with Gasteiger partial charge in [-0.25, -0.2) is 0 Å². The Morgan fingerprint density at radius 3 is 2.71 bits per heavy atom. The van der Waals surface area contributed by atoms with E-state index in [1.807, 2.05) is 0 Å². The monoisotopic (exact) mass is 202 g/mol. The van der Waals surface area contributed by atoms with Crippen LogP contribution in [-0.4, -0.2) is 42.8 Å². The van der Waals surface area contributed by atoms with Gasteiger partial charge in [-0.2, -0.15) is 0 Å². The number of hydrogen-bond acceptors (Lipinski definition) is 4. The van der Waals surface area contributed by atoms with Crippen LogP contribution in [0.25, 0.3) is 0 Å². The summed E-state index contributed by atoms with van der Waals surface area (Å²) in [4.78, 5) is 21.5. The first-order valence-electron chi connectivity index (χ1n) is 4.44. The highest BCUT2D eigenvalue weighted by Gasteiger charge is 2.30. The summed E-state index contributed by atoms with van der Waals surface area (Å²) >= 11 is 0. The van der Waals surface area contributed by atoms with Gasteiger partial charge in [0.25, 0.3) is 0 Å². The van der Waals surface area contributed by atoms with Crippen molar-refractivity contribution in [3.05, 3.63) is 0 Å². The molecule has 0 bridgehead atoms. The average Bonchev–Trinajstić information content (AvgIpc) is 2.50. The van der Waals surface area contributed by atoms with Crippen molar-refractivity contribution >= 4 is 11.9 Å². The third-order valence-electron chi connectivity index (χ3n) is 2.10. The van der Waals surface area contributed by atoms with E-state index >= 15 is 0 Å². The lowest BCUT2D eigenvalue weighted by Gasteiger charge is -2.12. The largest absolute Gasteiger partial charge is 0.481 e. The molecular formula is C8H14N2O4. The van der Waals surface area contributed by atoms with Crippen LogP contribution in [0.5, 0.6) is 0 Å². The third kappa shape index (κ3) is 2.97. The van der Waals surface area contributed by atoms with Crippen molar-refractivity contribution in [2.45, 2.75) is 12.5 Å². The van der Waals surface area contributed by atoms with Crippen LogP contribution < -0.4 is 11.1 Å². The minimum Gasteiger partial charge on any atom is -0.481 e. The van der Waals surface area contributed by atoms with Gasteiger partial charge in [-0.05, 0) is 0 Å². The molecular weight excluding hydrogens is 188 g/mol. The minimum atomic E-state index is -0.933. The van der Waals surface area contributed by atoms with Crippen molar-refractivity contribution < 1.29 is 19.4 Å². The predicted octanol–water partition coefficient (Wildman–Crippen LogP) is -1.45. The smallest absolute Gasteiger partial charge is 0.305 e. The molecule has 1 heterocycles. The van der Waals surface area contributed by atoms with Crippen LogP contribution in [-0.2, 0) is 14.3 Å². The molecule has 1 aliphatic heterocycles. The van der Waals surface area contributed by atoms with Crippen molar-refractivity contribution in [1.82, 2.24) is 5.32 Å². The van der Waals surface area contributed by atoms with E-state index < -0.39 is 5.97 Å². The second-order valence-corrected chi connectivity index (χ2v) is 3.24. The highest BCUT2D eigenvalue weighted by molar-refractivity contribution is 5.80. The van der Waals surface area contributed by atoms with E-state index in [9.17, 15) is 9.59 Å². The maximum Gasteiger partial charge on any atom is 0.305 e. The average molecular weight is 202 g/mol. The topological polar surface area (TPSA) is 102 Å². The summed E-state index contributed by atoms with van der Waals surface area (Å²) in [6.07, 6.45) is -0.0748. The van der Waals surface area contributed by atoms with Gasteiger partial charge in [0.05, 0.1) is 25.6 Å². The maximum atomic E-state index is 11.4. The lowest BCUT2D eigenvalue weighted by molar-refractivity contribution is -0.137. The Labute approximate surface area is 81.4 Å². The summed E-state index contributed by atoms with van der Waals surface area (Å²) in [5, 5.41) is 10.8. The number of rotatable bonds is 4. The van der Waals surface area contributed by atoms with Gasteiger partial charge in [-0.15, -0.1) is 0 Å². The number of carbonyl (C=O) groups excluding carboxylic acids is 1. The van der Waals surface area contributed by atoms with Gasteiger partial charge >= 0.3 is 5.97 Å². The van der Waals surface area contributed by atoms with Gasteiger partial charge < -0.3 is 20.9 Å². The fourth-order valence-electron chi connectivity index (χ4n) is 1.26. The van der Waals surface area contributed by atoms with Crippen LogP contribution in [0.4, 0.5) is 0 Å². The van der Waals surface area contributed by atoms with Crippen LogP contribution in [0.2, 0.25) is 0 Å². The summed E-state index contributed by atoms with van der Waals surface area (Å²) < 4.78 is 5.02. The Balaban J connectivity index is 2.24. The van der Waals surface area contributed by atoms with E-state index in [0.29, 0.717) is 13.2 Å². The molecule has 1 fully saturated rings. The molecule has 0 radical (unpaired) electrons. The summed E-state index contributed by atoms with van der Waals surface area (Å²) in [7, 11) is 0. The van der Waals surface area contributed by atoms with Crippen molar-refractivity contribution in [3.63, 3.8) is 0 Å². The first-order chi connectivity index (χ1) is 6.61. The molecule has 1 aliphatic rings. The van der Waals surface area contributed by atoms with Gasteiger partial charge in [0, 0.05) is 12.6 Å². The Hall–Kier alpha value is -1.14. The van der Waals surface area contributed by atoms with Crippen LogP contribution in [0, 0.1) is 5.92 Å². The summed E-state index contributed by atoms with van der Waals surface area (Å²) in [5.74, 6) is -1.50. The van der Waals surface area contributed by atoms with Gasteiger partial charge in [-0.1, -0.05) is 0 Å². The highest BCUT2D eigenvalue weighted by Crippen LogP contribution is 2.11. The first-order valence-corrected chi connectivity index (χ1v) is 4.44. The van der Waals surface area contributed by atoms with Crippen molar-refractivity contribution in [2.75, 3.05) is 19.8 Å². The van der Waals surface area contributed by atoms with Gasteiger partial charge in [-0.3, -0.25) is 9.59 Å². The molecule has 2 unspecified atom stereocenters. The Kier molecular flexibility index (Phi) is 3.84. The number of nitrogens with two attached hydrogens (primary N) is 1. The van der Waals surface area contributed by atoms with E-state index in [4.69, 9.17) is 15.6 Å². The molecule has 0 saturated carbocycles. The fourth-order valence-corrected chi connectivity index (χ4v) is 1.26. The van der Waals surface area contributed by atoms with Crippen molar-refractivity contribution in [3.8, 4) is 0 Å². The minimum absolute atomic E-state index is 0.0748. The molecule has 1 amide bonds. The molecule has 0 aromatic carbocycles. The zero-order valence-corrected chi connectivity index (χ0v) is 7.73. The number of carboxylic acids is 1. The van der Waals surface area contributed by atoms with E-state index in [2.05, 4.69) is 5.32 Å². The van der Waals surface area contributed by atoms with E-state index in [0.717, 1.165) is 0 Å². The molecule has 6 nitrogen and oxygen atoms in total. The molecule has 0 spiro atoms. The van der Waals surface area contributed by atoms with E-state index in [1.165, 1.54) is 0 Å². The summed E-state index contributed by atoms with van der Waals surface area (Å²) in [5.41, 5.74) is 5.61. The van der Waals surface area contributed by atoms with Crippen molar-refractivity contribution in [2.24, 2.45) is 11.7 Å². The molecule has 14 heavy (non-hydrogen) atoms. The number of hydrogen-bond donors (Lipinski definition) is 3. The fraction of sp³-hybridized carbons (Fsp3) is 0.750. The van der Waals surface area contributed by atoms with E-state index in [1.54, 1.807) is 0 Å². The summed E-state index contributed by atoms with van der Waals surface area (Å²) in [6.45, 7) is 0.842. The Morgan fingerprint density at radius 1 is 1.50 bits per heavy atom. The van der Waals surface area contributed by atoms with Gasteiger partial charge in [0.15, 0.2) is 0 Å². The molecule has 0 aliphatic carbocycles. The SMILES string of the molecule is NC1COCC1C(=O)NCCC(=O)O. The maximum absolute atomic E-state index is 11.4. The van der Waals surface area contributed by atoms with Crippen LogP contribution in [0.3, 0.4) is 0 Å². The first kappa shape index (κ1) is 10.9.